The topological polar surface area (TPSA) is 53.3 Å². The normalized spacial score (nSPS) is 11.1. The van der Waals surface area contributed by atoms with Crippen LogP contribution in [-0.2, 0) is 21.8 Å². The second-order valence-electron chi connectivity index (χ2n) is 6.24. The van der Waals surface area contributed by atoms with Gasteiger partial charge in [0, 0.05) is 19.4 Å². The van der Waals surface area contributed by atoms with E-state index in [9.17, 15) is 4.79 Å². The quantitative estimate of drug-likeness (QED) is 0.424. The number of hydrogen-bond donors (Lipinski definition) is 0. The molecule has 1 aromatic heterocycles. The Bertz CT molecular complexity index is 936. The highest BCUT2D eigenvalue weighted by Crippen LogP contribution is 2.28. The van der Waals surface area contributed by atoms with Crippen molar-refractivity contribution in [2.24, 2.45) is 0 Å². The highest BCUT2D eigenvalue weighted by Gasteiger charge is 2.14. The second kappa shape index (κ2) is 9.06. The van der Waals surface area contributed by atoms with Gasteiger partial charge in [0.05, 0.1) is 29.8 Å². The van der Waals surface area contributed by atoms with E-state index in [0.717, 1.165) is 21.9 Å². The van der Waals surface area contributed by atoms with Crippen LogP contribution in [0.2, 0.25) is 0 Å². The van der Waals surface area contributed by atoms with Crippen molar-refractivity contribution in [1.82, 2.24) is 9.55 Å². The fourth-order valence-electron chi connectivity index (χ4n) is 2.91. The number of hydrogen-bond acceptors (Lipinski definition) is 5. The van der Waals surface area contributed by atoms with E-state index in [1.807, 2.05) is 6.07 Å². The zero-order valence-electron chi connectivity index (χ0n) is 15.9. The van der Waals surface area contributed by atoms with Gasteiger partial charge in [-0.25, -0.2) is 9.78 Å². The Morgan fingerprint density at radius 2 is 2.07 bits per heavy atom. The highest BCUT2D eigenvalue weighted by molar-refractivity contribution is 7.98. The third-order valence-electron chi connectivity index (χ3n) is 4.19. The molecule has 0 atom stereocenters. The summed E-state index contributed by atoms with van der Waals surface area (Å²) in [6, 6.07) is 14.0. The summed E-state index contributed by atoms with van der Waals surface area (Å²) in [4.78, 5) is 16.8. The SMILES string of the molecule is CCOC(=O)c1ccc2c(c1)nc(SCc1cccc(C)c1)n2CCOC. The summed E-state index contributed by atoms with van der Waals surface area (Å²) < 4.78 is 12.5. The molecule has 6 heteroatoms. The molecule has 5 nitrogen and oxygen atoms in total. The average molecular weight is 385 g/mol. The van der Waals surface area contributed by atoms with Crippen molar-refractivity contribution < 1.29 is 14.3 Å². The van der Waals surface area contributed by atoms with E-state index in [0.29, 0.717) is 25.3 Å². The molecule has 0 aliphatic rings. The van der Waals surface area contributed by atoms with Gasteiger partial charge in [-0.2, -0.15) is 0 Å². The predicted molar refractivity (Wildman–Crippen MR) is 108 cm³/mol. The first-order valence-electron chi connectivity index (χ1n) is 8.97. The maximum Gasteiger partial charge on any atom is 0.338 e. The van der Waals surface area contributed by atoms with E-state index in [1.165, 1.54) is 11.1 Å². The highest BCUT2D eigenvalue weighted by atomic mass is 32.2. The molecule has 0 fully saturated rings. The predicted octanol–water partition coefficient (Wildman–Crippen LogP) is 4.46. The third kappa shape index (κ3) is 4.70. The summed E-state index contributed by atoms with van der Waals surface area (Å²) in [7, 11) is 1.69. The molecule has 0 spiro atoms. The molecule has 0 aliphatic heterocycles. The first-order valence-corrected chi connectivity index (χ1v) is 9.95. The fraction of sp³-hybridized carbons (Fsp3) is 0.333. The number of aryl methyl sites for hydroxylation is 1. The molecular weight excluding hydrogens is 360 g/mol. The van der Waals surface area contributed by atoms with Crippen molar-refractivity contribution in [3.63, 3.8) is 0 Å². The van der Waals surface area contributed by atoms with Crippen molar-refractivity contribution in [1.29, 1.82) is 0 Å². The first kappa shape index (κ1) is 19.5. The van der Waals surface area contributed by atoms with Crippen LogP contribution in [0.1, 0.15) is 28.4 Å². The lowest BCUT2D eigenvalue weighted by Gasteiger charge is -2.09. The van der Waals surface area contributed by atoms with Gasteiger partial charge >= 0.3 is 5.97 Å². The lowest BCUT2D eigenvalue weighted by molar-refractivity contribution is 0.0526. The molecule has 0 aliphatic carbocycles. The number of nitrogens with zero attached hydrogens (tertiary/aromatic N) is 2. The summed E-state index contributed by atoms with van der Waals surface area (Å²) in [6.45, 7) is 5.57. The number of methoxy groups -OCH3 is 1. The number of fused-ring (bicyclic) bond motifs is 1. The fourth-order valence-corrected chi connectivity index (χ4v) is 3.89. The number of rotatable bonds is 8. The van der Waals surface area contributed by atoms with Crippen LogP contribution in [0, 0.1) is 6.92 Å². The van der Waals surface area contributed by atoms with Crippen LogP contribution in [0.15, 0.2) is 47.6 Å². The van der Waals surface area contributed by atoms with E-state index in [1.54, 1.807) is 37.9 Å². The summed E-state index contributed by atoms with van der Waals surface area (Å²) in [5.74, 6) is 0.516. The molecule has 27 heavy (non-hydrogen) atoms. The summed E-state index contributed by atoms with van der Waals surface area (Å²) in [5, 5.41) is 0.921. The number of carbonyl (C=O) groups is 1. The second-order valence-corrected chi connectivity index (χ2v) is 7.18. The molecule has 1 heterocycles. The van der Waals surface area contributed by atoms with Gasteiger partial charge in [-0.05, 0) is 37.6 Å². The van der Waals surface area contributed by atoms with Gasteiger partial charge in [0.2, 0.25) is 0 Å². The van der Waals surface area contributed by atoms with Crippen LogP contribution in [0.5, 0.6) is 0 Å². The minimum absolute atomic E-state index is 0.320. The van der Waals surface area contributed by atoms with E-state index in [-0.39, 0.29) is 5.97 Å². The molecular formula is C21H24N2O3S. The molecule has 142 valence electrons. The van der Waals surface area contributed by atoms with E-state index in [4.69, 9.17) is 14.5 Å². The minimum Gasteiger partial charge on any atom is -0.462 e. The van der Waals surface area contributed by atoms with Gasteiger partial charge < -0.3 is 14.0 Å². The summed E-state index contributed by atoms with van der Waals surface area (Å²) >= 11 is 1.69. The van der Waals surface area contributed by atoms with Crippen molar-refractivity contribution in [3.8, 4) is 0 Å². The molecule has 0 unspecified atom stereocenters. The van der Waals surface area contributed by atoms with E-state index < -0.39 is 0 Å². The molecule has 0 N–H and O–H groups in total. The minimum atomic E-state index is -0.320. The first-order chi connectivity index (χ1) is 13.1. The number of ether oxygens (including phenoxy) is 2. The third-order valence-corrected chi connectivity index (χ3v) is 5.24. The van der Waals surface area contributed by atoms with Crippen LogP contribution in [-0.4, -0.2) is 35.8 Å². The summed E-state index contributed by atoms with van der Waals surface area (Å²) in [6.07, 6.45) is 0. The maximum absolute atomic E-state index is 12.0. The van der Waals surface area contributed by atoms with Crippen LogP contribution >= 0.6 is 11.8 Å². The molecule has 3 rings (SSSR count). The smallest absolute Gasteiger partial charge is 0.338 e. The van der Waals surface area contributed by atoms with Gasteiger partial charge in [0.25, 0.3) is 0 Å². The Morgan fingerprint density at radius 1 is 1.22 bits per heavy atom. The number of imidazole rings is 1. The zero-order valence-corrected chi connectivity index (χ0v) is 16.7. The molecule has 0 radical (unpaired) electrons. The molecule has 0 saturated heterocycles. The van der Waals surface area contributed by atoms with Crippen molar-refractivity contribution in [2.45, 2.75) is 31.3 Å². The van der Waals surface area contributed by atoms with Gasteiger partial charge in [0.15, 0.2) is 5.16 Å². The zero-order chi connectivity index (χ0) is 19.2. The Balaban J connectivity index is 1.90. The van der Waals surface area contributed by atoms with Crippen molar-refractivity contribution in [3.05, 3.63) is 59.2 Å². The Morgan fingerprint density at radius 3 is 2.81 bits per heavy atom. The van der Waals surface area contributed by atoms with Crippen LogP contribution in [0.4, 0.5) is 0 Å². The van der Waals surface area contributed by atoms with Crippen molar-refractivity contribution >= 4 is 28.8 Å². The number of esters is 1. The lowest BCUT2D eigenvalue weighted by atomic mass is 10.2. The monoisotopic (exact) mass is 384 g/mol. The lowest BCUT2D eigenvalue weighted by Crippen LogP contribution is -2.06. The van der Waals surface area contributed by atoms with Gasteiger partial charge in [-0.1, -0.05) is 41.6 Å². The molecule has 2 aromatic carbocycles. The number of carbonyl (C=O) groups excluding carboxylic acids is 1. The standard InChI is InChI=1S/C21H24N2O3S/c1-4-26-20(24)17-8-9-19-18(13-17)22-21(23(19)10-11-25-3)27-14-16-7-5-6-15(2)12-16/h5-9,12-13H,4,10-11,14H2,1-3H3. The Labute approximate surface area is 163 Å². The number of thioether (sulfide) groups is 1. The van der Waals surface area contributed by atoms with Gasteiger partial charge in [-0.15, -0.1) is 0 Å². The van der Waals surface area contributed by atoms with Gasteiger partial charge in [0.1, 0.15) is 0 Å². The van der Waals surface area contributed by atoms with Crippen LogP contribution in [0.3, 0.4) is 0 Å². The molecule has 0 bridgehead atoms. The van der Waals surface area contributed by atoms with E-state index >= 15 is 0 Å². The molecule has 3 aromatic rings. The Kier molecular flexibility index (Phi) is 6.53. The molecule has 0 saturated carbocycles. The average Bonchev–Trinajstić information content (AvgIpc) is 3.01. The van der Waals surface area contributed by atoms with Gasteiger partial charge in [-0.3, -0.25) is 0 Å². The number of aromatic nitrogens is 2. The Hall–Kier alpha value is -2.31. The largest absolute Gasteiger partial charge is 0.462 e. The van der Waals surface area contributed by atoms with E-state index in [2.05, 4.69) is 35.8 Å². The number of benzene rings is 2. The summed E-state index contributed by atoms with van der Waals surface area (Å²) in [5.41, 5.74) is 4.82. The van der Waals surface area contributed by atoms with Crippen LogP contribution < -0.4 is 0 Å². The van der Waals surface area contributed by atoms with Crippen molar-refractivity contribution in [2.75, 3.05) is 20.3 Å². The maximum atomic E-state index is 12.0. The van der Waals surface area contributed by atoms with Crippen LogP contribution in [0.25, 0.3) is 11.0 Å². The molecule has 0 amide bonds.